The lowest BCUT2D eigenvalue weighted by Gasteiger charge is -2.34. The summed E-state index contributed by atoms with van der Waals surface area (Å²) in [5.41, 5.74) is 0.307. The first-order chi connectivity index (χ1) is 23.4. The lowest BCUT2D eigenvalue weighted by Crippen LogP contribution is -2.57. The van der Waals surface area contributed by atoms with Gasteiger partial charge in [-0.1, -0.05) is 69.6 Å². The molecule has 50 heavy (non-hydrogen) atoms. The highest BCUT2D eigenvalue weighted by atomic mass is 35.5. The molecule has 0 radical (unpaired) electrons. The van der Waals surface area contributed by atoms with E-state index in [4.69, 9.17) is 11.6 Å². The molecule has 0 bridgehead atoms. The van der Waals surface area contributed by atoms with Gasteiger partial charge in [0, 0.05) is 31.6 Å². The Balaban J connectivity index is 1.61. The van der Waals surface area contributed by atoms with Gasteiger partial charge in [-0.15, -0.1) is 11.3 Å². The third-order valence-corrected chi connectivity index (χ3v) is 11.4. The minimum atomic E-state index is -4.82. The first-order valence-electron chi connectivity index (χ1n) is 16.2. The molecule has 3 atom stereocenters. The summed E-state index contributed by atoms with van der Waals surface area (Å²) in [6, 6.07) is 8.74. The summed E-state index contributed by atoms with van der Waals surface area (Å²) in [5, 5.41) is 16.9. The predicted octanol–water partition coefficient (Wildman–Crippen LogP) is 5.82. The number of aryl methyl sites for hydroxylation is 1. The van der Waals surface area contributed by atoms with Crippen molar-refractivity contribution in [1.82, 2.24) is 24.4 Å². The lowest BCUT2D eigenvalue weighted by atomic mass is 9.97. The summed E-state index contributed by atoms with van der Waals surface area (Å²) >= 11 is 7.63. The third kappa shape index (κ3) is 9.75. The van der Waals surface area contributed by atoms with Gasteiger partial charge in [0.25, 0.3) is 0 Å². The summed E-state index contributed by atoms with van der Waals surface area (Å²) in [5.74, 6) is -1.14. The Kier molecular flexibility index (Phi) is 13.0. The van der Waals surface area contributed by atoms with Gasteiger partial charge in [-0.05, 0) is 48.9 Å². The Labute approximate surface area is 300 Å². The smallest absolute Gasteiger partial charge is 0.390 e. The van der Waals surface area contributed by atoms with E-state index in [1.54, 1.807) is 49.1 Å². The number of thiazole rings is 1. The van der Waals surface area contributed by atoms with Crippen molar-refractivity contribution in [2.45, 2.75) is 76.8 Å². The van der Waals surface area contributed by atoms with Crippen LogP contribution in [0.5, 0.6) is 0 Å². The highest BCUT2D eigenvalue weighted by Crippen LogP contribution is 2.35. The molecule has 274 valence electrons. The van der Waals surface area contributed by atoms with E-state index in [-0.39, 0.29) is 30.8 Å². The van der Waals surface area contributed by atoms with Crippen molar-refractivity contribution < 1.29 is 36.3 Å². The van der Waals surface area contributed by atoms with Gasteiger partial charge in [-0.2, -0.15) is 17.5 Å². The molecule has 10 nitrogen and oxygen atoms in total. The molecule has 16 heteroatoms. The second-order valence-corrected chi connectivity index (χ2v) is 16.6. The number of sulfonamides is 1. The van der Waals surface area contributed by atoms with Gasteiger partial charge >= 0.3 is 12.2 Å². The Hall–Kier alpha value is -3.24. The average molecular weight is 758 g/mol. The zero-order valence-corrected chi connectivity index (χ0v) is 30.9. The third-order valence-electron chi connectivity index (χ3n) is 8.31. The van der Waals surface area contributed by atoms with E-state index in [1.165, 1.54) is 16.2 Å². The number of hydrogen-bond donors (Lipinski definition) is 2. The molecule has 1 saturated heterocycles. The Bertz CT molecular complexity index is 1740. The molecule has 1 unspecified atom stereocenters. The second kappa shape index (κ2) is 16.4. The van der Waals surface area contributed by atoms with Crippen LogP contribution in [0.4, 0.5) is 18.0 Å². The van der Waals surface area contributed by atoms with Gasteiger partial charge in [0.2, 0.25) is 15.9 Å². The SMILES string of the molecule is Cc1nc(CN2CCN(C(C(=O)N[C@@H](Cc3ccccc3)[C@H](O)CN(CC(C)C)S(=O)(=O)c3cc(C(F)(F)F)ccc3Cl)C(C)C)C2=O)cs1. The zero-order valence-electron chi connectivity index (χ0n) is 28.5. The van der Waals surface area contributed by atoms with Crippen LogP contribution in [0.3, 0.4) is 0 Å². The van der Waals surface area contributed by atoms with Crippen LogP contribution in [0, 0.1) is 18.8 Å². The zero-order chi connectivity index (χ0) is 37.0. The monoisotopic (exact) mass is 757 g/mol. The van der Waals surface area contributed by atoms with Crippen molar-refractivity contribution in [3.63, 3.8) is 0 Å². The maximum absolute atomic E-state index is 14.0. The molecule has 0 spiro atoms. The van der Waals surface area contributed by atoms with Crippen molar-refractivity contribution in [1.29, 1.82) is 0 Å². The molecule has 2 heterocycles. The minimum absolute atomic E-state index is 0.0989. The Morgan fingerprint density at radius 3 is 2.36 bits per heavy atom. The maximum atomic E-state index is 14.0. The summed E-state index contributed by atoms with van der Waals surface area (Å²) in [7, 11) is -4.65. The van der Waals surface area contributed by atoms with E-state index in [0.29, 0.717) is 31.8 Å². The van der Waals surface area contributed by atoms with Crippen molar-refractivity contribution in [2.75, 3.05) is 26.2 Å². The number of benzene rings is 2. The fraction of sp³-hybridized carbons (Fsp3) is 0.500. The minimum Gasteiger partial charge on any atom is -0.390 e. The van der Waals surface area contributed by atoms with E-state index < -0.39 is 62.3 Å². The number of aliphatic hydroxyl groups is 1. The maximum Gasteiger partial charge on any atom is 0.416 e. The van der Waals surface area contributed by atoms with Gasteiger partial charge < -0.3 is 20.2 Å². The van der Waals surface area contributed by atoms with Crippen LogP contribution in [0.1, 0.15) is 49.5 Å². The second-order valence-electron chi connectivity index (χ2n) is 13.2. The van der Waals surface area contributed by atoms with Crippen LogP contribution in [0.2, 0.25) is 5.02 Å². The number of rotatable bonds is 15. The Morgan fingerprint density at radius 2 is 1.78 bits per heavy atom. The number of alkyl halides is 3. The molecule has 3 amide bonds. The van der Waals surface area contributed by atoms with E-state index in [2.05, 4.69) is 10.3 Å². The predicted molar refractivity (Wildman–Crippen MR) is 186 cm³/mol. The number of aliphatic hydroxyl groups excluding tert-OH is 1. The fourth-order valence-corrected chi connectivity index (χ4v) is 8.66. The molecule has 1 fully saturated rings. The molecular weight excluding hydrogens is 715 g/mol. The van der Waals surface area contributed by atoms with Crippen molar-refractivity contribution in [2.24, 2.45) is 11.8 Å². The number of nitrogens with one attached hydrogen (secondary N) is 1. The molecule has 1 aromatic heterocycles. The van der Waals surface area contributed by atoms with Crippen molar-refractivity contribution in [3.8, 4) is 0 Å². The van der Waals surface area contributed by atoms with E-state index in [9.17, 15) is 36.3 Å². The topological polar surface area (TPSA) is 123 Å². The normalized spacial score (nSPS) is 16.1. The Morgan fingerprint density at radius 1 is 1.10 bits per heavy atom. The number of urea groups is 1. The molecule has 3 aromatic rings. The summed E-state index contributed by atoms with van der Waals surface area (Å²) in [6.45, 7) is 9.23. The number of amides is 3. The number of halogens is 4. The molecule has 1 aliphatic rings. The number of carbonyl (C=O) groups excluding carboxylic acids is 2. The van der Waals surface area contributed by atoms with Crippen LogP contribution >= 0.6 is 22.9 Å². The van der Waals surface area contributed by atoms with Crippen LogP contribution < -0.4 is 5.32 Å². The highest BCUT2D eigenvalue weighted by Gasteiger charge is 2.41. The van der Waals surface area contributed by atoms with Gasteiger partial charge in [0.05, 0.1) is 40.0 Å². The van der Waals surface area contributed by atoms with Gasteiger partial charge in [0.15, 0.2) is 0 Å². The van der Waals surface area contributed by atoms with Gasteiger partial charge in [0.1, 0.15) is 10.9 Å². The van der Waals surface area contributed by atoms with Crippen LogP contribution in [-0.2, 0) is 34.0 Å². The number of nitrogens with zero attached hydrogens (tertiary/aromatic N) is 4. The van der Waals surface area contributed by atoms with Crippen LogP contribution in [0.15, 0.2) is 58.8 Å². The number of aromatic nitrogens is 1. The van der Waals surface area contributed by atoms with E-state index >= 15 is 0 Å². The number of hydrogen-bond acceptors (Lipinski definition) is 7. The highest BCUT2D eigenvalue weighted by molar-refractivity contribution is 7.89. The lowest BCUT2D eigenvalue weighted by molar-refractivity contribution is -0.137. The quantitative estimate of drug-likeness (QED) is 0.202. The van der Waals surface area contributed by atoms with Gasteiger partial charge in [-0.25, -0.2) is 18.2 Å². The molecule has 2 aromatic carbocycles. The molecule has 0 aliphatic carbocycles. The van der Waals surface area contributed by atoms with Crippen molar-refractivity contribution in [3.05, 3.63) is 80.8 Å². The summed E-state index contributed by atoms with van der Waals surface area (Å²) in [4.78, 5) is 34.4. The standard InChI is InChI=1S/C34H43ClF3N5O5S2/c1-21(2)17-42(50(47,48)30-16-25(34(36,37)38)11-12-27(30)35)19-29(44)28(15-24-9-7-6-8-10-24)40-32(45)31(22(3)4)43-14-13-41(33(43)46)18-26-20-49-23(5)39-26/h6-12,16,20-22,28-29,31,44H,13-15,17-19H2,1-5H3,(H,40,45)/t28-,29+,31?/m0/s1. The first kappa shape index (κ1) is 39.5. The largest absolute Gasteiger partial charge is 0.416 e. The van der Waals surface area contributed by atoms with Crippen LogP contribution in [0.25, 0.3) is 0 Å². The molecule has 0 saturated carbocycles. The molecule has 2 N–H and O–H groups in total. The van der Waals surface area contributed by atoms with E-state index in [1.807, 2.05) is 26.2 Å². The number of carbonyl (C=O) groups is 2. The van der Waals surface area contributed by atoms with Crippen molar-refractivity contribution >= 4 is 44.9 Å². The fourth-order valence-electron chi connectivity index (χ4n) is 5.94. The molecular formula is C34H43ClF3N5O5S2. The average Bonchev–Trinajstić information content (AvgIpc) is 3.60. The molecule has 4 rings (SSSR count). The van der Waals surface area contributed by atoms with Crippen LogP contribution in [-0.4, -0.2) is 88.9 Å². The van der Waals surface area contributed by atoms with E-state index in [0.717, 1.165) is 26.6 Å². The molecule has 1 aliphatic heterocycles. The summed E-state index contributed by atoms with van der Waals surface area (Å²) in [6.07, 6.45) is -6.23. The van der Waals surface area contributed by atoms with Gasteiger partial charge in [-0.3, -0.25) is 4.79 Å². The summed E-state index contributed by atoms with van der Waals surface area (Å²) < 4.78 is 69.4. The first-order valence-corrected chi connectivity index (χ1v) is 18.9.